The summed E-state index contributed by atoms with van der Waals surface area (Å²) >= 11 is 0. The molecule has 6 rings (SSSR count). The molecule has 5 aromatic rings. The van der Waals surface area contributed by atoms with Crippen molar-refractivity contribution < 1.29 is 0 Å². The maximum atomic E-state index is 5.08. The van der Waals surface area contributed by atoms with Crippen LogP contribution >= 0.6 is 0 Å². The first kappa shape index (κ1) is 16.9. The van der Waals surface area contributed by atoms with Crippen LogP contribution in [0.4, 0.5) is 0 Å². The van der Waals surface area contributed by atoms with E-state index in [1.54, 1.807) is 0 Å². The molecule has 0 fully saturated rings. The second-order valence-electron chi connectivity index (χ2n) is 7.44. The predicted octanol–water partition coefficient (Wildman–Crippen LogP) is 5.69. The molecular formula is C26H18N4. The molecule has 3 aromatic carbocycles. The van der Waals surface area contributed by atoms with Gasteiger partial charge in [0.2, 0.25) is 0 Å². The highest BCUT2D eigenvalue weighted by Crippen LogP contribution is 2.43. The molecule has 0 N–H and O–H groups in total. The van der Waals surface area contributed by atoms with Crippen LogP contribution in [0.1, 0.15) is 22.5 Å². The molecule has 0 amide bonds. The first-order valence-corrected chi connectivity index (χ1v) is 9.99. The molecule has 2 aromatic heterocycles. The van der Waals surface area contributed by atoms with Crippen LogP contribution in [0.25, 0.3) is 39.8 Å². The molecule has 30 heavy (non-hydrogen) atoms. The van der Waals surface area contributed by atoms with Crippen molar-refractivity contribution in [3.63, 3.8) is 0 Å². The number of aryl methyl sites for hydroxylation is 1. The molecule has 0 atom stereocenters. The molecule has 0 radical (unpaired) electrons. The van der Waals surface area contributed by atoms with Crippen LogP contribution < -0.4 is 0 Å². The molecule has 0 unspecified atom stereocenters. The molecular weight excluding hydrogens is 368 g/mol. The van der Waals surface area contributed by atoms with Gasteiger partial charge in [-0.1, -0.05) is 72.8 Å². The summed E-state index contributed by atoms with van der Waals surface area (Å²) in [7, 11) is 0. The normalized spacial score (nSPS) is 13.6. The molecule has 1 aliphatic rings. The van der Waals surface area contributed by atoms with Crippen LogP contribution in [0.5, 0.6) is 0 Å². The number of hydrogen-bond donors (Lipinski definition) is 0. The summed E-state index contributed by atoms with van der Waals surface area (Å²) < 4.78 is 1.89. The number of hydrogen-bond acceptors (Lipinski definition) is 3. The van der Waals surface area contributed by atoms with Crippen molar-refractivity contribution in [2.75, 3.05) is 0 Å². The Balaban J connectivity index is 1.64. The van der Waals surface area contributed by atoms with E-state index in [9.17, 15) is 0 Å². The topological polar surface area (TPSA) is 43.6 Å². The number of rotatable bonds is 2. The zero-order chi connectivity index (χ0) is 20.1. The van der Waals surface area contributed by atoms with Crippen molar-refractivity contribution in [2.45, 2.75) is 6.92 Å². The van der Waals surface area contributed by atoms with Gasteiger partial charge in [0.1, 0.15) is 5.52 Å². The van der Waals surface area contributed by atoms with Gasteiger partial charge in [0.25, 0.3) is 0 Å². The van der Waals surface area contributed by atoms with Crippen molar-refractivity contribution >= 4 is 22.8 Å². The predicted molar refractivity (Wildman–Crippen MR) is 120 cm³/mol. The van der Waals surface area contributed by atoms with E-state index in [0.717, 1.165) is 50.6 Å². The smallest absolute Gasteiger partial charge is 0.182 e. The lowest BCUT2D eigenvalue weighted by Crippen LogP contribution is -1.99. The summed E-state index contributed by atoms with van der Waals surface area (Å²) in [5.41, 5.74) is 9.85. The molecule has 0 spiro atoms. The van der Waals surface area contributed by atoms with Gasteiger partial charge in [-0.05, 0) is 36.3 Å². The average molecular weight is 386 g/mol. The van der Waals surface area contributed by atoms with Gasteiger partial charge in [-0.3, -0.25) is 0 Å². The second kappa shape index (κ2) is 6.49. The van der Waals surface area contributed by atoms with Gasteiger partial charge in [-0.25, -0.2) is 14.6 Å². The zero-order valence-corrected chi connectivity index (χ0v) is 16.4. The van der Waals surface area contributed by atoms with Gasteiger partial charge in [0, 0.05) is 11.1 Å². The SMILES string of the molecule is Cc1nn(-c2ccccc2)c2nc3c(nc12)/C(=C/c1ccccc1)c1ccccc1-3. The number of benzene rings is 3. The highest BCUT2D eigenvalue weighted by Gasteiger charge is 2.28. The van der Waals surface area contributed by atoms with E-state index in [4.69, 9.17) is 15.1 Å². The van der Waals surface area contributed by atoms with Crippen LogP contribution in [-0.2, 0) is 0 Å². The summed E-state index contributed by atoms with van der Waals surface area (Å²) in [6.07, 6.45) is 2.20. The minimum Gasteiger partial charge on any atom is -0.240 e. The summed E-state index contributed by atoms with van der Waals surface area (Å²) in [5.74, 6) is 0. The van der Waals surface area contributed by atoms with E-state index in [0.29, 0.717) is 0 Å². The zero-order valence-electron chi connectivity index (χ0n) is 16.4. The summed E-state index contributed by atoms with van der Waals surface area (Å²) in [5, 5.41) is 4.74. The fourth-order valence-corrected chi connectivity index (χ4v) is 4.10. The van der Waals surface area contributed by atoms with E-state index >= 15 is 0 Å². The Morgan fingerprint density at radius 2 is 1.37 bits per heavy atom. The van der Waals surface area contributed by atoms with Crippen LogP contribution in [-0.4, -0.2) is 19.7 Å². The van der Waals surface area contributed by atoms with Gasteiger partial charge < -0.3 is 0 Å². The average Bonchev–Trinajstić information content (AvgIpc) is 3.29. The van der Waals surface area contributed by atoms with Gasteiger partial charge in [-0.15, -0.1) is 0 Å². The minimum absolute atomic E-state index is 0.785. The Labute approximate surface area is 174 Å². The van der Waals surface area contributed by atoms with E-state index in [1.807, 2.05) is 48.0 Å². The highest BCUT2D eigenvalue weighted by molar-refractivity contribution is 6.05. The quantitative estimate of drug-likeness (QED) is 0.384. The number of nitrogens with zero attached hydrogens (tertiary/aromatic N) is 4. The molecule has 4 heteroatoms. The van der Waals surface area contributed by atoms with E-state index in [-0.39, 0.29) is 0 Å². The van der Waals surface area contributed by atoms with Gasteiger partial charge in [0.05, 0.1) is 22.8 Å². The summed E-state index contributed by atoms with van der Waals surface area (Å²) in [4.78, 5) is 10.2. The van der Waals surface area contributed by atoms with E-state index in [1.165, 1.54) is 5.56 Å². The second-order valence-corrected chi connectivity index (χ2v) is 7.44. The third kappa shape index (κ3) is 2.51. The Kier molecular flexibility index (Phi) is 3.65. The van der Waals surface area contributed by atoms with Crippen molar-refractivity contribution in [3.05, 3.63) is 107 Å². The van der Waals surface area contributed by atoms with Gasteiger partial charge in [0.15, 0.2) is 5.65 Å². The molecule has 4 nitrogen and oxygen atoms in total. The van der Waals surface area contributed by atoms with Crippen LogP contribution in [0.15, 0.2) is 84.9 Å². The lowest BCUT2D eigenvalue weighted by Gasteiger charge is -2.05. The van der Waals surface area contributed by atoms with Crippen LogP contribution in [0.2, 0.25) is 0 Å². The maximum Gasteiger partial charge on any atom is 0.182 e. The number of aromatic nitrogens is 4. The van der Waals surface area contributed by atoms with E-state index in [2.05, 4.69) is 54.6 Å². The minimum atomic E-state index is 0.785. The molecule has 0 aliphatic heterocycles. The summed E-state index contributed by atoms with van der Waals surface area (Å²) in [6, 6.07) is 28.8. The monoisotopic (exact) mass is 386 g/mol. The number of para-hydroxylation sites is 1. The van der Waals surface area contributed by atoms with Crippen molar-refractivity contribution in [2.24, 2.45) is 0 Å². The molecule has 1 aliphatic carbocycles. The molecule has 0 saturated carbocycles. The van der Waals surface area contributed by atoms with E-state index < -0.39 is 0 Å². The molecule has 0 bridgehead atoms. The largest absolute Gasteiger partial charge is 0.240 e. The first-order valence-electron chi connectivity index (χ1n) is 9.99. The lowest BCUT2D eigenvalue weighted by molar-refractivity contribution is 0.878. The Morgan fingerprint density at radius 3 is 2.13 bits per heavy atom. The third-order valence-corrected chi connectivity index (χ3v) is 5.51. The lowest BCUT2D eigenvalue weighted by atomic mass is 10.0. The molecule has 2 heterocycles. The standard InChI is InChI=1S/C26H18N4/c1-17-23-26(30(29-17)19-12-6-3-7-13-19)28-24-21-15-9-8-14-20(21)22(25(24)27-23)16-18-10-4-2-5-11-18/h2-16H,1H3/b22-16+. The summed E-state index contributed by atoms with van der Waals surface area (Å²) in [6.45, 7) is 1.99. The van der Waals surface area contributed by atoms with Gasteiger partial charge in [-0.2, -0.15) is 5.10 Å². The van der Waals surface area contributed by atoms with Crippen molar-refractivity contribution in [1.29, 1.82) is 0 Å². The third-order valence-electron chi connectivity index (χ3n) is 5.51. The van der Waals surface area contributed by atoms with Gasteiger partial charge >= 0.3 is 0 Å². The van der Waals surface area contributed by atoms with Crippen molar-refractivity contribution in [1.82, 2.24) is 19.7 Å². The highest BCUT2D eigenvalue weighted by atomic mass is 15.3. The molecule has 142 valence electrons. The molecule has 0 saturated heterocycles. The fraction of sp³-hybridized carbons (Fsp3) is 0.0385. The number of fused-ring (bicyclic) bond motifs is 4. The van der Waals surface area contributed by atoms with Crippen LogP contribution in [0, 0.1) is 6.92 Å². The van der Waals surface area contributed by atoms with Crippen LogP contribution in [0.3, 0.4) is 0 Å². The Hall–Kier alpha value is -4.05. The fourth-order valence-electron chi connectivity index (χ4n) is 4.10. The Morgan fingerprint density at radius 1 is 0.700 bits per heavy atom. The first-order chi connectivity index (χ1) is 14.8. The Bertz CT molecular complexity index is 1430. The maximum absolute atomic E-state index is 5.08. The van der Waals surface area contributed by atoms with Crippen molar-refractivity contribution in [3.8, 4) is 16.9 Å².